The van der Waals surface area contributed by atoms with Crippen LogP contribution in [0.25, 0.3) is 0 Å². The molecule has 0 radical (unpaired) electrons. The molecular formula is C17H32N2S. The minimum atomic E-state index is 0.594. The standard InChI is InChI=1S/C17H32N2S/c1-4-5-6-7-8-9-10-11-12-16(18-3)13-17-14-20-15(2)19-17/h14,16,18H,4-13H2,1-3H3. The van der Waals surface area contributed by atoms with Gasteiger partial charge in [-0.3, -0.25) is 0 Å². The van der Waals surface area contributed by atoms with Crippen LogP contribution >= 0.6 is 11.3 Å². The lowest BCUT2D eigenvalue weighted by Gasteiger charge is -2.14. The molecule has 0 aliphatic rings. The largest absolute Gasteiger partial charge is 0.317 e. The fourth-order valence-electron chi connectivity index (χ4n) is 2.63. The van der Waals surface area contributed by atoms with E-state index in [0.29, 0.717) is 6.04 Å². The van der Waals surface area contributed by atoms with Crippen molar-refractivity contribution in [2.24, 2.45) is 0 Å². The van der Waals surface area contributed by atoms with Crippen molar-refractivity contribution in [2.75, 3.05) is 7.05 Å². The van der Waals surface area contributed by atoms with Gasteiger partial charge in [0.05, 0.1) is 10.7 Å². The summed E-state index contributed by atoms with van der Waals surface area (Å²) >= 11 is 1.76. The van der Waals surface area contributed by atoms with E-state index in [1.54, 1.807) is 11.3 Å². The summed E-state index contributed by atoms with van der Waals surface area (Å²) in [7, 11) is 2.08. The van der Waals surface area contributed by atoms with E-state index in [4.69, 9.17) is 0 Å². The third kappa shape index (κ3) is 8.01. The van der Waals surface area contributed by atoms with Crippen molar-refractivity contribution < 1.29 is 0 Å². The van der Waals surface area contributed by atoms with E-state index in [1.807, 2.05) is 0 Å². The van der Waals surface area contributed by atoms with Crippen molar-refractivity contribution in [1.29, 1.82) is 0 Å². The highest BCUT2D eigenvalue weighted by Crippen LogP contribution is 2.14. The van der Waals surface area contributed by atoms with Crippen molar-refractivity contribution in [1.82, 2.24) is 10.3 Å². The number of hydrogen-bond acceptors (Lipinski definition) is 3. The number of thiazole rings is 1. The Morgan fingerprint density at radius 2 is 1.75 bits per heavy atom. The quantitative estimate of drug-likeness (QED) is 0.542. The second-order valence-corrected chi connectivity index (χ2v) is 6.87. The Hall–Kier alpha value is -0.410. The number of likely N-dealkylation sites (N-methyl/N-ethyl adjacent to an activating group) is 1. The van der Waals surface area contributed by atoms with Gasteiger partial charge in [0.2, 0.25) is 0 Å². The molecule has 1 N–H and O–H groups in total. The zero-order valence-corrected chi connectivity index (χ0v) is 14.4. The molecular weight excluding hydrogens is 264 g/mol. The summed E-state index contributed by atoms with van der Waals surface area (Å²) in [6, 6.07) is 0.594. The summed E-state index contributed by atoms with van der Waals surface area (Å²) in [5, 5.41) is 6.83. The van der Waals surface area contributed by atoms with E-state index in [2.05, 4.69) is 36.6 Å². The number of aromatic nitrogens is 1. The maximum Gasteiger partial charge on any atom is 0.0897 e. The molecule has 2 nitrogen and oxygen atoms in total. The number of nitrogens with one attached hydrogen (secondary N) is 1. The SMILES string of the molecule is CCCCCCCCCCC(Cc1csc(C)n1)NC. The minimum Gasteiger partial charge on any atom is -0.317 e. The summed E-state index contributed by atoms with van der Waals surface area (Å²) < 4.78 is 0. The fourth-order valence-corrected chi connectivity index (χ4v) is 3.25. The van der Waals surface area contributed by atoms with Gasteiger partial charge in [0.15, 0.2) is 0 Å². The van der Waals surface area contributed by atoms with Crippen LogP contribution in [0.4, 0.5) is 0 Å². The van der Waals surface area contributed by atoms with E-state index >= 15 is 0 Å². The molecule has 0 bridgehead atoms. The lowest BCUT2D eigenvalue weighted by molar-refractivity contribution is 0.475. The molecule has 0 fully saturated rings. The van der Waals surface area contributed by atoms with Crippen molar-refractivity contribution in [3.63, 3.8) is 0 Å². The van der Waals surface area contributed by atoms with E-state index in [9.17, 15) is 0 Å². The summed E-state index contributed by atoms with van der Waals surface area (Å²) in [5.41, 5.74) is 1.26. The second kappa shape index (κ2) is 11.3. The van der Waals surface area contributed by atoms with Crippen LogP contribution in [0, 0.1) is 6.92 Å². The first-order chi connectivity index (χ1) is 9.76. The molecule has 3 heteroatoms. The van der Waals surface area contributed by atoms with Gasteiger partial charge in [-0.05, 0) is 20.4 Å². The Labute approximate surface area is 129 Å². The highest BCUT2D eigenvalue weighted by Gasteiger charge is 2.09. The van der Waals surface area contributed by atoms with Crippen LogP contribution in [0.15, 0.2) is 5.38 Å². The fraction of sp³-hybridized carbons (Fsp3) is 0.824. The summed E-state index contributed by atoms with van der Waals surface area (Å²) in [6.45, 7) is 4.36. The van der Waals surface area contributed by atoms with Crippen LogP contribution < -0.4 is 5.32 Å². The Bertz CT molecular complexity index is 335. The van der Waals surface area contributed by atoms with Crippen molar-refractivity contribution >= 4 is 11.3 Å². The minimum absolute atomic E-state index is 0.594. The van der Waals surface area contributed by atoms with Gasteiger partial charge in [-0.2, -0.15) is 0 Å². The molecule has 1 rings (SSSR count). The molecule has 20 heavy (non-hydrogen) atoms. The molecule has 1 heterocycles. The van der Waals surface area contributed by atoms with Crippen LogP contribution in [0.1, 0.15) is 75.4 Å². The van der Waals surface area contributed by atoms with Crippen LogP contribution in [-0.2, 0) is 6.42 Å². The molecule has 0 aliphatic carbocycles. The maximum absolute atomic E-state index is 4.56. The Balaban J connectivity index is 2.03. The number of hydrogen-bond donors (Lipinski definition) is 1. The number of aryl methyl sites for hydroxylation is 1. The summed E-state index contributed by atoms with van der Waals surface area (Å²) in [4.78, 5) is 4.56. The lowest BCUT2D eigenvalue weighted by Crippen LogP contribution is -2.27. The zero-order chi connectivity index (χ0) is 14.6. The van der Waals surface area contributed by atoms with Crippen LogP contribution in [0.2, 0.25) is 0 Å². The smallest absolute Gasteiger partial charge is 0.0897 e. The topological polar surface area (TPSA) is 24.9 Å². The molecule has 0 amide bonds. The lowest BCUT2D eigenvalue weighted by atomic mass is 10.0. The molecule has 1 aromatic rings. The molecule has 116 valence electrons. The maximum atomic E-state index is 4.56. The highest BCUT2D eigenvalue weighted by atomic mass is 32.1. The molecule has 0 saturated heterocycles. The summed E-state index contributed by atoms with van der Waals surface area (Å²) in [6.07, 6.45) is 13.6. The van der Waals surface area contributed by atoms with E-state index in [0.717, 1.165) is 6.42 Å². The molecule has 0 saturated carbocycles. The normalized spacial score (nSPS) is 12.8. The van der Waals surface area contributed by atoms with Gasteiger partial charge in [0, 0.05) is 17.8 Å². The monoisotopic (exact) mass is 296 g/mol. The van der Waals surface area contributed by atoms with Crippen LogP contribution in [-0.4, -0.2) is 18.1 Å². The van der Waals surface area contributed by atoms with Crippen molar-refractivity contribution in [3.05, 3.63) is 16.1 Å². The van der Waals surface area contributed by atoms with Gasteiger partial charge < -0.3 is 5.32 Å². The Morgan fingerprint density at radius 3 is 2.30 bits per heavy atom. The molecule has 0 aromatic carbocycles. The van der Waals surface area contributed by atoms with Gasteiger partial charge in [0.25, 0.3) is 0 Å². The first-order valence-electron chi connectivity index (χ1n) is 8.34. The number of unbranched alkanes of at least 4 members (excludes halogenated alkanes) is 7. The van der Waals surface area contributed by atoms with Gasteiger partial charge >= 0.3 is 0 Å². The first kappa shape index (κ1) is 17.6. The molecule has 0 aliphatic heterocycles. The molecule has 1 unspecified atom stereocenters. The van der Waals surface area contributed by atoms with Crippen molar-refractivity contribution in [2.45, 2.75) is 84.1 Å². The average Bonchev–Trinajstić information content (AvgIpc) is 2.85. The van der Waals surface area contributed by atoms with Gasteiger partial charge in [-0.25, -0.2) is 4.98 Å². The van der Waals surface area contributed by atoms with E-state index < -0.39 is 0 Å². The molecule has 1 aromatic heterocycles. The van der Waals surface area contributed by atoms with E-state index in [1.165, 1.54) is 68.5 Å². The Kier molecular flexibility index (Phi) is 9.94. The third-order valence-electron chi connectivity index (χ3n) is 3.94. The first-order valence-corrected chi connectivity index (χ1v) is 9.22. The number of nitrogens with zero attached hydrogens (tertiary/aromatic N) is 1. The predicted octanol–water partition coefficient (Wildman–Crippen LogP) is 5.11. The highest BCUT2D eigenvalue weighted by molar-refractivity contribution is 7.09. The number of rotatable bonds is 12. The average molecular weight is 297 g/mol. The molecule has 1 atom stereocenters. The third-order valence-corrected chi connectivity index (χ3v) is 4.76. The van der Waals surface area contributed by atoms with Crippen LogP contribution in [0.5, 0.6) is 0 Å². The predicted molar refractivity (Wildman–Crippen MR) is 90.6 cm³/mol. The van der Waals surface area contributed by atoms with E-state index in [-0.39, 0.29) is 0 Å². The van der Waals surface area contributed by atoms with Gasteiger partial charge in [-0.15, -0.1) is 11.3 Å². The van der Waals surface area contributed by atoms with Crippen molar-refractivity contribution in [3.8, 4) is 0 Å². The summed E-state index contributed by atoms with van der Waals surface area (Å²) in [5.74, 6) is 0. The van der Waals surface area contributed by atoms with Crippen LogP contribution in [0.3, 0.4) is 0 Å². The Morgan fingerprint density at radius 1 is 1.10 bits per heavy atom. The zero-order valence-electron chi connectivity index (χ0n) is 13.6. The second-order valence-electron chi connectivity index (χ2n) is 5.81. The molecule has 0 spiro atoms. The van der Waals surface area contributed by atoms with Gasteiger partial charge in [0.1, 0.15) is 0 Å². The van der Waals surface area contributed by atoms with Gasteiger partial charge in [-0.1, -0.05) is 58.3 Å².